The standard InChI is InChI=1S/C29H27N3O2/c33-28(31-27(22-9-2-1-3-10-22)23-15-17-30-18-16-23)24-12-7-19-32(20-24)29(34)26-14-6-11-21-8-4-5-13-25(21)26/h1-6,8-11,13-18,24,27H,7,12,19-20H2,(H,31,33). The number of piperidine rings is 1. The summed E-state index contributed by atoms with van der Waals surface area (Å²) in [5.41, 5.74) is 2.69. The third kappa shape index (κ3) is 4.55. The number of benzene rings is 3. The maximum Gasteiger partial charge on any atom is 0.254 e. The van der Waals surface area contributed by atoms with Gasteiger partial charge < -0.3 is 10.2 Å². The second-order valence-corrected chi connectivity index (χ2v) is 8.75. The van der Waals surface area contributed by atoms with Gasteiger partial charge in [0.25, 0.3) is 5.91 Å². The summed E-state index contributed by atoms with van der Waals surface area (Å²) < 4.78 is 0. The first-order valence-electron chi connectivity index (χ1n) is 11.7. The Balaban J connectivity index is 1.35. The average Bonchev–Trinajstić information content (AvgIpc) is 2.92. The highest BCUT2D eigenvalue weighted by molar-refractivity contribution is 6.07. The normalized spacial score (nSPS) is 16.7. The van der Waals surface area contributed by atoms with Crippen LogP contribution in [-0.2, 0) is 4.79 Å². The van der Waals surface area contributed by atoms with Gasteiger partial charge in [-0.15, -0.1) is 0 Å². The number of nitrogens with zero attached hydrogens (tertiary/aromatic N) is 2. The number of carbonyl (C=O) groups excluding carboxylic acids is 2. The average molecular weight is 450 g/mol. The lowest BCUT2D eigenvalue weighted by molar-refractivity contribution is -0.126. The number of hydrogen-bond donors (Lipinski definition) is 1. The highest BCUT2D eigenvalue weighted by atomic mass is 16.2. The van der Waals surface area contributed by atoms with Gasteiger partial charge >= 0.3 is 0 Å². The van der Waals surface area contributed by atoms with Gasteiger partial charge in [-0.2, -0.15) is 0 Å². The first-order valence-corrected chi connectivity index (χ1v) is 11.7. The molecule has 1 fully saturated rings. The zero-order valence-electron chi connectivity index (χ0n) is 18.9. The van der Waals surface area contributed by atoms with Crippen molar-refractivity contribution in [3.63, 3.8) is 0 Å². The lowest BCUT2D eigenvalue weighted by atomic mass is 9.93. The Morgan fingerprint density at radius 2 is 1.56 bits per heavy atom. The highest BCUT2D eigenvalue weighted by Crippen LogP contribution is 2.26. The topological polar surface area (TPSA) is 62.3 Å². The van der Waals surface area contributed by atoms with E-state index >= 15 is 0 Å². The minimum absolute atomic E-state index is 0.0111. The van der Waals surface area contributed by atoms with Crippen molar-refractivity contribution in [2.24, 2.45) is 5.92 Å². The van der Waals surface area contributed by atoms with Gasteiger partial charge in [-0.25, -0.2) is 0 Å². The van der Waals surface area contributed by atoms with Crippen molar-refractivity contribution in [3.8, 4) is 0 Å². The fourth-order valence-corrected chi connectivity index (χ4v) is 4.78. The van der Waals surface area contributed by atoms with E-state index in [4.69, 9.17) is 0 Å². The van der Waals surface area contributed by atoms with Crippen LogP contribution in [0.4, 0.5) is 0 Å². The molecule has 5 heteroatoms. The summed E-state index contributed by atoms with van der Waals surface area (Å²) in [6, 6.07) is 27.3. The Morgan fingerprint density at radius 1 is 0.853 bits per heavy atom. The molecule has 1 aliphatic rings. The van der Waals surface area contributed by atoms with E-state index in [1.54, 1.807) is 12.4 Å². The van der Waals surface area contributed by atoms with Gasteiger partial charge in [0.1, 0.15) is 0 Å². The van der Waals surface area contributed by atoms with E-state index in [9.17, 15) is 9.59 Å². The molecule has 2 amide bonds. The molecule has 0 saturated carbocycles. The Morgan fingerprint density at radius 3 is 2.38 bits per heavy atom. The van der Waals surface area contributed by atoms with E-state index in [1.807, 2.05) is 89.8 Å². The van der Waals surface area contributed by atoms with Crippen molar-refractivity contribution in [3.05, 3.63) is 114 Å². The zero-order chi connectivity index (χ0) is 23.3. The summed E-state index contributed by atoms with van der Waals surface area (Å²) >= 11 is 0. The van der Waals surface area contributed by atoms with Crippen molar-refractivity contribution in [1.29, 1.82) is 0 Å². The molecular weight excluding hydrogens is 422 g/mol. The summed E-state index contributed by atoms with van der Waals surface area (Å²) in [4.78, 5) is 32.8. The van der Waals surface area contributed by atoms with E-state index in [0.717, 1.165) is 34.7 Å². The number of likely N-dealkylation sites (tertiary alicyclic amines) is 1. The molecule has 170 valence electrons. The second kappa shape index (κ2) is 9.87. The molecule has 1 aliphatic heterocycles. The maximum atomic E-state index is 13.4. The Hall–Kier alpha value is -3.99. The fraction of sp³-hybridized carbons (Fsp3) is 0.207. The van der Waals surface area contributed by atoms with Crippen LogP contribution in [0.3, 0.4) is 0 Å². The van der Waals surface area contributed by atoms with Crippen LogP contribution in [0.5, 0.6) is 0 Å². The van der Waals surface area contributed by atoms with Gasteiger partial charge in [0.15, 0.2) is 0 Å². The number of pyridine rings is 1. The van der Waals surface area contributed by atoms with Gasteiger partial charge in [-0.05, 0) is 52.9 Å². The van der Waals surface area contributed by atoms with Crippen molar-refractivity contribution < 1.29 is 9.59 Å². The molecule has 2 heterocycles. The van der Waals surface area contributed by atoms with E-state index in [1.165, 1.54) is 0 Å². The van der Waals surface area contributed by atoms with Crippen LogP contribution in [0.15, 0.2) is 97.3 Å². The largest absolute Gasteiger partial charge is 0.345 e. The van der Waals surface area contributed by atoms with Gasteiger partial charge in [-0.1, -0.05) is 66.7 Å². The summed E-state index contributed by atoms with van der Waals surface area (Å²) in [7, 11) is 0. The molecule has 1 N–H and O–H groups in total. The van der Waals surface area contributed by atoms with Crippen LogP contribution >= 0.6 is 0 Å². The number of rotatable bonds is 5. The summed E-state index contributed by atoms with van der Waals surface area (Å²) in [5, 5.41) is 5.24. The fourth-order valence-electron chi connectivity index (χ4n) is 4.78. The molecular formula is C29H27N3O2. The molecule has 0 radical (unpaired) electrons. The van der Waals surface area contributed by atoms with Crippen molar-refractivity contribution in [2.45, 2.75) is 18.9 Å². The Labute approximate surface area is 199 Å². The minimum atomic E-state index is -0.263. The lowest BCUT2D eigenvalue weighted by Gasteiger charge is -2.33. The van der Waals surface area contributed by atoms with Gasteiger partial charge in [0.2, 0.25) is 5.91 Å². The number of carbonyl (C=O) groups is 2. The third-order valence-corrected chi connectivity index (χ3v) is 6.56. The van der Waals surface area contributed by atoms with E-state index in [-0.39, 0.29) is 23.8 Å². The third-order valence-electron chi connectivity index (χ3n) is 6.56. The number of fused-ring (bicyclic) bond motifs is 1. The van der Waals surface area contributed by atoms with Crippen LogP contribution in [0, 0.1) is 5.92 Å². The van der Waals surface area contributed by atoms with Crippen LogP contribution in [0.1, 0.15) is 40.4 Å². The van der Waals surface area contributed by atoms with Crippen molar-refractivity contribution in [2.75, 3.05) is 13.1 Å². The van der Waals surface area contributed by atoms with Crippen LogP contribution in [-0.4, -0.2) is 34.8 Å². The first kappa shape index (κ1) is 21.8. The lowest BCUT2D eigenvalue weighted by Crippen LogP contribution is -2.46. The molecule has 0 spiro atoms. The second-order valence-electron chi connectivity index (χ2n) is 8.75. The number of amides is 2. The molecule has 3 aromatic carbocycles. The highest BCUT2D eigenvalue weighted by Gasteiger charge is 2.31. The van der Waals surface area contributed by atoms with E-state index < -0.39 is 0 Å². The monoisotopic (exact) mass is 449 g/mol. The molecule has 4 aromatic rings. The van der Waals surface area contributed by atoms with E-state index in [0.29, 0.717) is 18.7 Å². The molecule has 0 aliphatic carbocycles. The predicted octanol–water partition coefficient (Wildman–Crippen LogP) is 4.99. The van der Waals surface area contributed by atoms with Gasteiger partial charge in [0.05, 0.1) is 12.0 Å². The Kier molecular flexibility index (Phi) is 6.34. The summed E-state index contributed by atoms with van der Waals surface area (Å²) in [6.45, 7) is 1.09. The molecule has 5 rings (SSSR count). The zero-order valence-corrected chi connectivity index (χ0v) is 18.9. The molecule has 0 bridgehead atoms. The number of hydrogen-bond acceptors (Lipinski definition) is 3. The van der Waals surface area contributed by atoms with Crippen LogP contribution in [0.25, 0.3) is 10.8 Å². The number of nitrogens with one attached hydrogen (secondary N) is 1. The van der Waals surface area contributed by atoms with Gasteiger partial charge in [0, 0.05) is 31.0 Å². The predicted molar refractivity (Wildman–Crippen MR) is 133 cm³/mol. The molecule has 5 nitrogen and oxygen atoms in total. The molecule has 34 heavy (non-hydrogen) atoms. The first-order chi connectivity index (χ1) is 16.7. The SMILES string of the molecule is O=C(NC(c1ccccc1)c1ccncc1)C1CCCN(C(=O)c2cccc3ccccc23)C1. The minimum Gasteiger partial charge on any atom is -0.345 e. The molecule has 1 aromatic heterocycles. The summed E-state index contributed by atoms with van der Waals surface area (Å²) in [5.74, 6) is -0.287. The molecule has 2 unspecified atom stereocenters. The van der Waals surface area contributed by atoms with Crippen LogP contribution in [0.2, 0.25) is 0 Å². The molecule has 1 saturated heterocycles. The molecule has 2 atom stereocenters. The van der Waals surface area contributed by atoms with E-state index in [2.05, 4.69) is 10.3 Å². The maximum absolute atomic E-state index is 13.4. The quantitative estimate of drug-likeness (QED) is 0.467. The number of aromatic nitrogens is 1. The summed E-state index contributed by atoms with van der Waals surface area (Å²) in [6.07, 6.45) is 5.05. The van der Waals surface area contributed by atoms with Crippen molar-refractivity contribution >= 4 is 22.6 Å². The smallest absolute Gasteiger partial charge is 0.254 e. The van der Waals surface area contributed by atoms with Crippen LogP contribution < -0.4 is 5.32 Å². The Bertz CT molecular complexity index is 1250. The van der Waals surface area contributed by atoms with Gasteiger partial charge in [-0.3, -0.25) is 14.6 Å². The van der Waals surface area contributed by atoms with Crippen molar-refractivity contribution in [1.82, 2.24) is 15.2 Å².